The number of benzene rings is 1. The minimum absolute atomic E-state index is 0.0330. The Morgan fingerprint density at radius 3 is 2.67 bits per heavy atom. The van der Waals surface area contributed by atoms with Gasteiger partial charge >= 0.3 is 0 Å². The van der Waals surface area contributed by atoms with E-state index in [1.54, 1.807) is 13.0 Å². The summed E-state index contributed by atoms with van der Waals surface area (Å²) in [5, 5.41) is 0.168. The molecule has 0 heterocycles. The van der Waals surface area contributed by atoms with Gasteiger partial charge in [0.15, 0.2) is 0 Å². The fourth-order valence-corrected chi connectivity index (χ4v) is 3.05. The lowest BCUT2D eigenvalue weighted by molar-refractivity contribution is 0.122. The van der Waals surface area contributed by atoms with Gasteiger partial charge in [-0.3, -0.25) is 0 Å². The fourth-order valence-electron chi connectivity index (χ4n) is 1.22. The number of hydrogen-bond acceptors (Lipinski definition) is 3. The van der Waals surface area contributed by atoms with Crippen molar-refractivity contribution in [3.8, 4) is 0 Å². The molecule has 1 aromatic rings. The SMILES string of the molecule is COC(C)CNS(=O)(=O)c1cc(CCl)ccc1Cl. The third-order valence-electron chi connectivity index (χ3n) is 2.40. The molecule has 0 aliphatic heterocycles. The Morgan fingerprint density at radius 1 is 1.44 bits per heavy atom. The molecular formula is C11H15Cl2NO3S. The monoisotopic (exact) mass is 311 g/mol. The van der Waals surface area contributed by atoms with Crippen LogP contribution in [0, 0.1) is 0 Å². The van der Waals surface area contributed by atoms with Crippen LogP contribution >= 0.6 is 23.2 Å². The number of methoxy groups -OCH3 is 1. The Morgan fingerprint density at radius 2 is 2.11 bits per heavy atom. The molecule has 102 valence electrons. The van der Waals surface area contributed by atoms with Crippen LogP contribution in [0.15, 0.2) is 23.1 Å². The van der Waals surface area contributed by atoms with E-state index in [1.807, 2.05) is 0 Å². The van der Waals surface area contributed by atoms with E-state index in [0.717, 1.165) is 0 Å². The first-order valence-corrected chi connectivity index (χ1v) is 7.67. The molecule has 0 spiro atoms. The van der Waals surface area contributed by atoms with Crippen LogP contribution in [0.2, 0.25) is 5.02 Å². The summed E-state index contributed by atoms with van der Waals surface area (Å²) in [5.74, 6) is 0.230. The van der Waals surface area contributed by atoms with E-state index in [1.165, 1.54) is 19.2 Å². The lowest BCUT2D eigenvalue weighted by Gasteiger charge is -2.12. The van der Waals surface area contributed by atoms with Gasteiger partial charge in [0.2, 0.25) is 10.0 Å². The zero-order chi connectivity index (χ0) is 13.8. The van der Waals surface area contributed by atoms with Crippen molar-refractivity contribution in [2.45, 2.75) is 23.8 Å². The molecule has 0 bridgehead atoms. The van der Waals surface area contributed by atoms with E-state index in [2.05, 4.69) is 4.72 Å². The number of sulfonamides is 1. The van der Waals surface area contributed by atoms with Crippen LogP contribution in [-0.4, -0.2) is 28.2 Å². The molecule has 0 aliphatic carbocycles. The molecule has 7 heteroatoms. The number of rotatable bonds is 6. The van der Waals surface area contributed by atoms with E-state index in [0.29, 0.717) is 5.56 Å². The molecule has 0 aliphatic rings. The predicted octanol–water partition coefficient (Wildman–Crippen LogP) is 2.39. The standard InChI is InChI=1S/C11H15Cl2NO3S/c1-8(17-2)7-14-18(15,16)11-5-9(6-12)3-4-10(11)13/h3-5,8,14H,6-7H2,1-2H3. The van der Waals surface area contributed by atoms with Crippen LogP contribution in [0.1, 0.15) is 12.5 Å². The van der Waals surface area contributed by atoms with Gasteiger partial charge in [0, 0.05) is 19.5 Å². The van der Waals surface area contributed by atoms with Gasteiger partial charge in [-0.25, -0.2) is 13.1 Å². The largest absolute Gasteiger partial charge is 0.380 e. The Hall–Kier alpha value is -0.330. The van der Waals surface area contributed by atoms with E-state index in [4.69, 9.17) is 27.9 Å². The molecule has 0 fully saturated rings. The highest BCUT2D eigenvalue weighted by atomic mass is 35.5. The van der Waals surface area contributed by atoms with E-state index in [9.17, 15) is 8.42 Å². The first-order valence-electron chi connectivity index (χ1n) is 5.27. The predicted molar refractivity (Wildman–Crippen MR) is 72.7 cm³/mol. The normalized spacial score (nSPS) is 13.6. The van der Waals surface area contributed by atoms with Crippen molar-refractivity contribution in [1.82, 2.24) is 4.72 Å². The maximum absolute atomic E-state index is 12.0. The number of alkyl halides is 1. The van der Waals surface area contributed by atoms with Crippen molar-refractivity contribution >= 4 is 33.2 Å². The summed E-state index contributed by atoms with van der Waals surface area (Å²) in [6, 6.07) is 4.68. The average Bonchev–Trinajstić information content (AvgIpc) is 2.36. The topological polar surface area (TPSA) is 55.4 Å². The summed E-state index contributed by atoms with van der Waals surface area (Å²) in [6.07, 6.45) is -0.213. The van der Waals surface area contributed by atoms with Crippen LogP contribution in [0.5, 0.6) is 0 Å². The highest BCUT2D eigenvalue weighted by Crippen LogP contribution is 2.23. The molecule has 1 aromatic carbocycles. The van der Waals surface area contributed by atoms with E-state index < -0.39 is 10.0 Å². The van der Waals surface area contributed by atoms with E-state index >= 15 is 0 Å². The van der Waals surface area contributed by atoms with Crippen molar-refractivity contribution in [2.24, 2.45) is 0 Å². The molecule has 1 rings (SSSR count). The fraction of sp³-hybridized carbons (Fsp3) is 0.455. The van der Waals surface area contributed by atoms with Crippen molar-refractivity contribution in [3.05, 3.63) is 28.8 Å². The molecule has 1 atom stereocenters. The molecule has 1 unspecified atom stereocenters. The average molecular weight is 312 g/mol. The summed E-state index contributed by atoms with van der Waals surface area (Å²) in [4.78, 5) is 0.0330. The highest BCUT2D eigenvalue weighted by molar-refractivity contribution is 7.89. The number of hydrogen-bond donors (Lipinski definition) is 1. The van der Waals surface area contributed by atoms with E-state index in [-0.39, 0.29) is 28.4 Å². The molecule has 0 radical (unpaired) electrons. The lowest BCUT2D eigenvalue weighted by atomic mass is 10.2. The second kappa shape index (κ2) is 6.73. The summed E-state index contributed by atoms with van der Waals surface area (Å²) >= 11 is 11.6. The van der Waals surface area contributed by atoms with Gasteiger partial charge < -0.3 is 4.74 Å². The molecule has 0 aromatic heterocycles. The highest BCUT2D eigenvalue weighted by Gasteiger charge is 2.19. The number of nitrogens with one attached hydrogen (secondary N) is 1. The minimum atomic E-state index is -3.65. The first kappa shape index (κ1) is 15.7. The molecule has 4 nitrogen and oxygen atoms in total. The Balaban J connectivity index is 2.97. The zero-order valence-corrected chi connectivity index (χ0v) is 12.4. The second-order valence-corrected chi connectivity index (χ2v) is 6.21. The Kier molecular flexibility index (Phi) is 5.88. The molecule has 0 saturated heterocycles. The maximum atomic E-state index is 12.0. The lowest BCUT2D eigenvalue weighted by Crippen LogP contribution is -2.31. The first-order chi connectivity index (χ1) is 8.40. The second-order valence-electron chi connectivity index (χ2n) is 3.80. The van der Waals surface area contributed by atoms with Gasteiger partial charge in [-0.2, -0.15) is 0 Å². The smallest absolute Gasteiger partial charge is 0.242 e. The summed E-state index contributed by atoms with van der Waals surface area (Å²) in [6.45, 7) is 1.94. The van der Waals surface area contributed by atoms with Gasteiger partial charge in [-0.1, -0.05) is 17.7 Å². The Labute approximate surface area is 117 Å². The van der Waals surface area contributed by atoms with Crippen LogP contribution in [0.4, 0.5) is 0 Å². The van der Waals surface area contributed by atoms with Crippen molar-refractivity contribution < 1.29 is 13.2 Å². The van der Waals surface area contributed by atoms with Crippen LogP contribution < -0.4 is 4.72 Å². The molecule has 1 N–H and O–H groups in total. The minimum Gasteiger partial charge on any atom is -0.380 e. The van der Waals surface area contributed by atoms with Gasteiger partial charge in [0.25, 0.3) is 0 Å². The van der Waals surface area contributed by atoms with Crippen LogP contribution in [0.25, 0.3) is 0 Å². The zero-order valence-electron chi connectivity index (χ0n) is 10.1. The molecule has 18 heavy (non-hydrogen) atoms. The molecule has 0 saturated carbocycles. The maximum Gasteiger partial charge on any atom is 0.242 e. The van der Waals surface area contributed by atoms with Gasteiger partial charge in [0.05, 0.1) is 11.1 Å². The Bertz CT molecular complexity index is 505. The van der Waals surface area contributed by atoms with Gasteiger partial charge in [-0.15, -0.1) is 11.6 Å². The van der Waals surface area contributed by atoms with Crippen molar-refractivity contribution in [1.29, 1.82) is 0 Å². The molecular weight excluding hydrogens is 297 g/mol. The van der Waals surface area contributed by atoms with Gasteiger partial charge in [0.1, 0.15) is 4.90 Å². The summed E-state index contributed by atoms with van der Waals surface area (Å²) in [7, 11) is -2.14. The van der Waals surface area contributed by atoms with Crippen LogP contribution in [-0.2, 0) is 20.6 Å². The summed E-state index contributed by atoms with van der Waals surface area (Å²) in [5.41, 5.74) is 0.696. The molecule has 0 amide bonds. The number of ether oxygens (including phenoxy) is 1. The quantitative estimate of drug-likeness (QED) is 0.821. The third-order valence-corrected chi connectivity index (χ3v) is 4.62. The number of halogens is 2. The van der Waals surface area contributed by atoms with Crippen LogP contribution in [0.3, 0.4) is 0 Å². The van der Waals surface area contributed by atoms with Gasteiger partial charge in [-0.05, 0) is 24.6 Å². The van der Waals surface area contributed by atoms with Crippen molar-refractivity contribution in [3.63, 3.8) is 0 Å². The third kappa shape index (κ3) is 4.10. The summed E-state index contributed by atoms with van der Waals surface area (Å²) < 4.78 is 31.5. The van der Waals surface area contributed by atoms with Crippen molar-refractivity contribution in [2.75, 3.05) is 13.7 Å².